The quantitative estimate of drug-likeness (QED) is 0.161. The first-order valence-electron chi connectivity index (χ1n) is 13.8. The highest BCUT2D eigenvalue weighted by Crippen LogP contribution is 2.39. The molecule has 0 aliphatic heterocycles. The lowest BCUT2D eigenvalue weighted by molar-refractivity contribution is 0.302. The molecule has 0 bridgehead atoms. The van der Waals surface area contributed by atoms with E-state index in [9.17, 15) is 4.79 Å². The van der Waals surface area contributed by atoms with Gasteiger partial charge in [0.05, 0.1) is 5.39 Å². The van der Waals surface area contributed by atoms with Crippen LogP contribution in [0.1, 0.15) is 114 Å². The molecular weight excluding hydrogens is 423 g/mol. The molecule has 1 saturated carbocycles. The van der Waals surface area contributed by atoms with Gasteiger partial charge in [-0.2, -0.15) is 0 Å². The molecule has 0 saturated heterocycles. The van der Waals surface area contributed by atoms with Crippen molar-refractivity contribution in [3.05, 3.63) is 57.7 Å². The zero-order valence-corrected chi connectivity index (χ0v) is 21.1. The molecule has 0 radical (unpaired) electrons. The molecular formula is C31H41FO2. The molecule has 1 aliphatic rings. The normalized spacial score (nSPS) is 18.7. The van der Waals surface area contributed by atoms with Gasteiger partial charge in [-0.25, -0.2) is 9.18 Å². The summed E-state index contributed by atoms with van der Waals surface area (Å²) >= 11 is 0. The minimum Gasteiger partial charge on any atom is -0.419 e. The Morgan fingerprint density at radius 1 is 0.824 bits per heavy atom. The summed E-state index contributed by atoms with van der Waals surface area (Å²) in [7, 11) is 0. The van der Waals surface area contributed by atoms with E-state index < -0.39 is 5.63 Å². The van der Waals surface area contributed by atoms with Crippen LogP contribution in [0.4, 0.5) is 4.39 Å². The van der Waals surface area contributed by atoms with Gasteiger partial charge < -0.3 is 4.42 Å². The summed E-state index contributed by atoms with van der Waals surface area (Å²) < 4.78 is 20.7. The SMILES string of the molecule is CCCCCCCC1CCC(c2ccc3c(c2)c(=O)oc2c(F)c(CCCCC)ccc23)CC1. The van der Waals surface area contributed by atoms with Gasteiger partial charge in [-0.1, -0.05) is 89.5 Å². The highest BCUT2D eigenvalue weighted by Gasteiger charge is 2.23. The van der Waals surface area contributed by atoms with Crippen LogP contribution in [0.25, 0.3) is 21.7 Å². The Hall–Kier alpha value is -2.16. The van der Waals surface area contributed by atoms with Gasteiger partial charge in [-0.3, -0.25) is 0 Å². The van der Waals surface area contributed by atoms with Crippen molar-refractivity contribution in [1.29, 1.82) is 0 Å². The van der Waals surface area contributed by atoms with Crippen LogP contribution in [0.15, 0.2) is 39.5 Å². The maximum absolute atomic E-state index is 15.1. The highest BCUT2D eigenvalue weighted by molar-refractivity contribution is 6.04. The van der Waals surface area contributed by atoms with Crippen LogP contribution in [-0.2, 0) is 6.42 Å². The maximum atomic E-state index is 15.1. The average Bonchev–Trinajstić information content (AvgIpc) is 2.86. The second-order valence-electron chi connectivity index (χ2n) is 10.5. The number of unbranched alkanes of at least 4 members (excludes halogenated alkanes) is 6. The van der Waals surface area contributed by atoms with Crippen molar-refractivity contribution >= 4 is 21.7 Å². The third-order valence-electron chi connectivity index (χ3n) is 8.01. The van der Waals surface area contributed by atoms with Crippen molar-refractivity contribution in [2.75, 3.05) is 0 Å². The Kier molecular flexibility index (Phi) is 8.80. The fraction of sp³-hybridized carbons (Fsp3) is 0.581. The van der Waals surface area contributed by atoms with Crippen molar-refractivity contribution in [1.82, 2.24) is 0 Å². The summed E-state index contributed by atoms with van der Waals surface area (Å²) in [6.45, 7) is 4.40. The van der Waals surface area contributed by atoms with Crippen LogP contribution in [0.5, 0.6) is 0 Å². The van der Waals surface area contributed by atoms with Gasteiger partial charge in [-0.05, 0) is 67.6 Å². The van der Waals surface area contributed by atoms with E-state index in [1.165, 1.54) is 69.8 Å². The monoisotopic (exact) mass is 464 g/mol. The molecule has 184 valence electrons. The molecule has 2 aromatic carbocycles. The lowest BCUT2D eigenvalue weighted by Gasteiger charge is -2.29. The molecule has 1 aromatic heterocycles. The predicted molar refractivity (Wildman–Crippen MR) is 141 cm³/mol. The lowest BCUT2D eigenvalue weighted by Crippen LogP contribution is -2.14. The molecule has 4 rings (SSSR count). The molecule has 0 N–H and O–H groups in total. The first kappa shape index (κ1) is 24.9. The third-order valence-corrected chi connectivity index (χ3v) is 8.01. The van der Waals surface area contributed by atoms with Gasteiger partial charge in [0, 0.05) is 10.8 Å². The van der Waals surface area contributed by atoms with Gasteiger partial charge in [0.2, 0.25) is 0 Å². The maximum Gasteiger partial charge on any atom is 0.344 e. The van der Waals surface area contributed by atoms with E-state index in [0.29, 0.717) is 28.7 Å². The number of benzene rings is 2. The number of hydrogen-bond donors (Lipinski definition) is 0. The molecule has 3 heteroatoms. The summed E-state index contributed by atoms with van der Waals surface area (Å²) in [5.74, 6) is 1.00. The van der Waals surface area contributed by atoms with Gasteiger partial charge in [0.25, 0.3) is 0 Å². The molecule has 1 fully saturated rings. The lowest BCUT2D eigenvalue weighted by atomic mass is 9.76. The van der Waals surface area contributed by atoms with Crippen LogP contribution >= 0.6 is 0 Å². The molecule has 1 heterocycles. The van der Waals surface area contributed by atoms with E-state index in [1.54, 1.807) is 0 Å². The predicted octanol–water partition coefficient (Wildman–Crippen LogP) is 9.45. The number of halogens is 1. The smallest absolute Gasteiger partial charge is 0.344 e. The fourth-order valence-corrected chi connectivity index (χ4v) is 5.86. The van der Waals surface area contributed by atoms with E-state index in [1.807, 2.05) is 24.3 Å². The third kappa shape index (κ3) is 5.73. The number of fused-ring (bicyclic) bond motifs is 3. The Morgan fingerprint density at radius 2 is 1.53 bits per heavy atom. The topological polar surface area (TPSA) is 30.2 Å². The van der Waals surface area contributed by atoms with Gasteiger partial charge in [-0.15, -0.1) is 0 Å². The summed E-state index contributed by atoms with van der Waals surface area (Å²) in [6, 6.07) is 9.98. The molecule has 0 unspecified atom stereocenters. The van der Waals surface area contributed by atoms with Crippen LogP contribution in [0.3, 0.4) is 0 Å². The van der Waals surface area contributed by atoms with Crippen molar-refractivity contribution in [3.63, 3.8) is 0 Å². The second kappa shape index (κ2) is 12.0. The minimum atomic E-state index is -0.422. The van der Waals surface area contributed by atoms with Crippen LogP contribution in [0.2, 0.25) is 0 Å². The second-order valence-corrected chi connectivity index (χ2v) is 10.5. The van der Waals surface area contributed by atoms with Crippen molar-refractivity contribution < 1.29 is 8.81 Å². The summed E-state index contributed by atoms with van der Waals surface area (Å²) in [6.07, 6.45) is 16.9. The minimum absolute atomic E-state index is 0.110. The summed E-state index contributed by atoms with van der Waals surface area (Å²) in [5, 5.41) is 2.08. The largest absolute Gasteiger partial charge is 0.419 e. The number of aryl methyl sites for hydroxylation is 1. The van der Waals surface area contributed by atoms with E-state index in [2.05, 4.69) is 19.9 Å². The zero-order chi connectivity index (χ0) is 23.9. The Morgan fingerprint density at radius 3 is 2.29 bits per heavy atom. The van der Waals surface area contributed by atoms with Crippen molar-refractivity contribution in [2.24, 2.45) is 5.92 Å². The van der Waals surface area contributed by atoms with Crippen LogP contribution in [0, 0.1) is 11.7 Å². The zero-order valence-electron chi connectivity index (χ0n) is 21.1. The number of rotatable bonds is 11. The molecule has 34 heavy (non-hydrogen) atoms. The fourth-order valence-electron chi connectivity index (χ4n) is 5.86. The average molecular weight is 465 g/mol. The summed E-state index contributed by atoms with van der Waals surface area (Å²) in [5.41, 5.74) is 1.56. The van der Waals surface area contributed by atoms with Crippen molar-refractivity contribution in [3.8, 4) is 0 Å². The molecule has 3 aromatic rings. The molecule has 0 atom stereocenters. The van der Waals surface area contributed by atoms with Crippen LogP contribution in [-0.4, -0.2) is 0 Å². The van der Waals surface area contributed by atoms with Crippen LogP contribution < -0.4 is 5.63 Å². The molecule has 2 nitrogen and oxygen atoms in total. The van der Waals surface area contributed by atoms with E-state index in [0.717, 1.165) is 30.6 Å². The Labute approximate surface area is 203 Å². The molecule has 0 spiro atoms. The van der Waals surface area contributed by atoms with E-state index in [-0.39, 0.29) is 11.4 Å². The molecule has 0 amide bonds. The first-order valence-corrected chi connectivity index (χ1v) is 13.8. The molecule has 1 aliphatic carbocycles. The van der Waals surface area contributed by atoms with E-state index >= 15 is 4.39 Å². The van der Waals surface area contributed by atoms with E-state index in [4.69, 9.17) is 4.42 Å². The van der Waals surface area contributed by atoms with Gasteiger partial charge in [0.1, 0.15) is 0 Å². The Balaban J connectivity index is 1.48. The first-order chi connectivity index (χ1) is 16.6. The van der Waals surface area contributed by atoms with Gasteiger partial charge in [0.15, 0.2) is 11.4 Å². The summed E-state index contributed by atoms with van der Waals surface area (Å²) in [4.78, 5) is 12.9. The Bertz CT molecular complexity index is 1140. The van der Waals surface area contributed by atoms with Crippen molar-refractivity contribution in [2.45, 2.75) is 110 Å². The highest BCUT2D eigenvalue weighted by atomic mass is 19.1. The standard InChI is InChI=1S/C31H41FO2/c1-3-5-7-8-10-11-22-13-15-23(16-14-22)25-18-19-26-27-20-17-24(12-9-6-4-2)29(32)30(27)34-31(33)28(26)21-25/h17-23H,3-16H2,1-2H3. The number of hydrogen-bond acceptors (Lipinski definition) is 2. The van der Waals surface area contributed by atoms with Gasteiger partial charge >= 0.3 is 5.63 Å².